The molecule has 2 aliphatic heterocycles. The standard InChI is InChI=1S/C29H34FN5O3/c1-19-7-6-8-23(30)28(19)34-18-20-17-31-27(33(3)24-10-9-22(37-4)15-26(24)38-5)16-25(20)35(29(34)36)21-11-13-32(2)14-12-21/h6-10,15-17,21H,11-14,18H2,1-5H3. The number of methoxy groups -OCH3 is 2. The molecule has 0 radical (unpaired) electrons. The number of anilines is 4. The highest BCUT2D eigenvalue weighted by Crippen LogP contribution is 2.40. The van der Waals surface area contributed by atoms with E-state index in [0.717, 1.165) is 48.4 Å². The Morgan fingerprint density at radius 1 is 1.08 bits per heavy atom. The van der Waals surface area contributed by atoms with Crippen LogP contribution in [0.4, 0.5) is 32.1 Å². The number of hydrogen-bond acceptors (Lipinski definition) is 6. The van der Waals surface area contributed by atoms with Gasteiger partial charge in [0.25, 0.3) is 0 Å². The Labute approximate surface area is 223 Å². The van der Waals surface area contributed by atoms with Crippen LogP contribution in [0.3, 0.4) is 0 Å². The van der Waals surface area contributed by atoms with Gasteiger partial charge in [0, 0.05) is 37.0 Å². The predicted octanol–water partition coefficient (Wildman–Crippen LogP) is 5.36. The van der Waals surface area contributed by atoms with Crippen molar-refractivity contribution in [1.82, 2.24) is 9.88 Å². The van der Waals surface area contributed by atoms with Gasteiger partial charge in [0.15, 0.2) is 0 Å². The molecule has 0 saturated carbocycles. The molecule has 1 aromatic heterocycles. The zero-order valence-corrected chi connectivity index (χ0v) is 22.6. The van der Waals surface area contributed by atoms with Crippen LogP contribution in [-0.4, -0.2) is 63.4 Å². The second-order valence-corrected chi connectivity index (χ2v) is 9.95. The first-order chi connectivity index (χ1) is 18.3. The lowest BCUT2D eigenvalue weighted by molar-refractivity contribution is 0.229. The summed E-state index contributed by atoms with van der Waals surface area (Å²) in [7, 11) is 7.24. The average Bonchev–Trinajstić information content (AvgIpc) is 2.93. The molecule has 0 spiro atoms. The van der Waals surface area contributed by atoms with Gasteiger partial charge in [-0.05, 0) is 63.7 Å². The van der Waals surface area contributed by atoms with Crippen molar-refractivity contribution in [3.63, 3.8) is 0 Å². The minimum Gasteiger partial charge on any atom is -0.497 e. The number of carbonyl (C=O) groups is 1. The summed E-state index contributed by atoms with van der Waals surface area (Å²) in [6.07, 6.45) is 3.48. The number of aryl methyl sites for hydroxylation is 1. The SMILES string of the molecule is COc1ccc(N(C)c2cc3c(cn2)CN(c2c(C)cccc2F)C(=O)N3C2CCN(C)CC2)c(OC)c1. The van der Waals surface area contributed by atoms with Crippen molar-refractivity contribution in [2.45, 2.75) is 32.4 Å². The van der Waals surface area contributed by atoms with Crippen LogP contribution in [0.2, 0.25) is 0 Å². The van der Waals surface area contributed by atoms with Gasteiger partial charge in [-0.1, -0.05) is 12.1 Å². The second kappa shape index (κ2) is 10.5. The molecular formula is C29H34FN5O3. The van der Waals surface area contributed by atoms with Gasteiger partial charge in [-0.15, -0.1) is 0 Å². The quantitative estimate of drug-likeness (QED) is 0.437. The Morgan fingerprint density at radius 2 is 1.84 bits per heavy atom. The number of ether oxygens (including phenoxy) is 2. The summed E-state index contributed by atoms with van der Waals surface area (Å²) in [5.41, 5.74) is 3.56. The zero-order valence-electron chi connectivity index (χ0n) is 22.6. The number of benzene rings is 2. The molecule has 3 heterocycles. The molecule has 0 atom stereocenters. The third-order valence-corrected chi connectivity index (χ3v) is 7.58. The molecule has 2 aromatic carbocycles. The third kappa shape index (κ3) is 4.62. The molecule has 5 rings (SSSR count). The second-order valence-electron chi connectivity index (χ2n) is 9.95. The van der Waals surface area contributed by atoms with Gasteiger partial charge in [-0.2, -0.15) is 0 Å². The summed E-state index contributed by atoms with van der Waals surface area (Å²) in [5.74, 6) is 1.62. The number of hydrogen-bond donors (Lipinski definition) is 0. The van der Waals surface area contributed by atoms with Crippen molar-refractivity contribution in [3.05, 3.63) is 65.6 Å². The molecule has 38 heavy (non-hydrogen) atoms. The lowest BCUT2D eigenvalue weighted by atomic mass is 10.00. The Morgan fingerprint density at radius 3 is 2.53 bits per heavy atom. The first kappa shape index (κ1) is 25.8. The first-order valence-electron chi connectivity index (χ1n) is 12.8. The number of rotatable bonds is 6. The van der Waals surface area contributed by atoms with Crippen LogP contribution < -0.4 is 24.2 Å². The lowest BCUT2D eigenvalue weighted by Gasteiger charge is -2.44. The molecule has 0 bridgehead atoms. The highest BCUT2D eigenvalue weighted by Gasteiger charge is 2.38. The Kier molecular flexibility index (Phi) is 7.12. The molecule has 0 unspecified atom stereocenters. The van der Waals surface area contributed by atoms with Crippen LogP contribution in [-0.2, 0) is 6.54 Å². The molecule has 8 nitrogen and oxygen atoms in total. The van der Waals surface area contributed by atoms with Crippen LogP contribution >= 0.6 is 0 Å². The van der Waals surface area contributed by atoms with Gasteiger partial charge in [0.1, 0.15) is 23.1 Å². The number of piperidine rings is 1. The van der Waals surface area contributed by atoms with Crippen LogP contribution in [0.1, 0.15) is 24.0 Å². The topological polar surface area (TPSA) is 61.4 Å². The van der Waals surface area contributed by atoms with Crippen LogP contribution in [0.15, 0.2) is 48.7 Å². The number of likely N-dealkylation sites (tertiary alicyclic amines) is 1. The maximum Gasteiger partial charge on any atom is 0.329 e. The Hall–Kier alpha value is -3.85. The van der Waals surface area contributed by atoms with Crippen LogP contribution in [0.5, 0.6) is 11.5 Å². The third-order valence-electron chi connectivity index (χ3n) is 7.58. The molecule has 2 aliphatic rings. The molecular weight excluding hydrogens is 485 g/mol. The van der Waals surface area contributed by atoms with Gasteiger partial charge < -0.3 is 19.3 Å². The van der Waals surface area contributed by atoms with Crippen molar-refractivity contribution < 1.29 is 18.7 Å². The minimum atomic E-state index is -0.402. The smallest absolute Gasteiger partial charge is 0.329 e. The highest BCUT2D eigenvalue weighted by molar-refractivity contribution is 6.07. The largest absolute Gasteiger partial charge is 0.497 e. The number of amides is 2. The van der Waals surface area contributed by atoms with Crippen LogP contribution in [0.25, 0.3) is 0 Å². The Bertz CT molecular complexity index is 1320. The van der Waals surface area contributed by atoms with Crippen molar-refractivity contribution in [2.24, 2.45) is 0 Å². The maximum absolute atomic E-state index is 15.0. The molecule has 2 amide bonds. The van der Waals surface area contributed by atoms with E-state index < -0.39 is 5.82 Å². The molecule has 9 heteroatoms. The minimum absolute atomic E-state index is 0.00316. The summed E-state index contributed by atoms with van der Waals surface area (Å²) in [6, 6.07) is 12.3. The molecule has 200 valence electrons. The van der Waals surface area contributed by atoms with E-state index in [1.54, 1.807) is 31.4 Å². The van der Waals surface area contributed by atoms with E-state index in [1.165, 1.54) is 6.07 Å². The van der Waals surface area contributed by atoms with Crippen molar-refractivity contribution in [3.8, 4) is 11.5 Å². The number of urea groups is 1. The number of para-hydroxylation sites is 1. The monoisotopic (exact) mass is 519 g/mol. The molecule has 1 saturated heterocycles. The highest BCUT2D eigenvalue weighted by atomic mass is 19.1. The van der Waals surface area contributed by atoms with Crippen molar-refractivity contribution >= 4 is 28.9 Å². The number of nitrogens with zero attached hydrogens (tertiary/aromatic N) is 5. The fraction of sp³-hybridized carbons (Fsp3) is 0.379. The normalized spacial score (nSPS) is 16.4. The number of carbonyl (C=O) groups excluding carboxylic acids is 1. The van der Waals surface area contributed by atoms with E-state index in [1.807, 2.05) is 54.1 Å². The fourth-order valence-electron chi connectivity index (χ4n) is 5.39. The van der Waals surface area contributed by atoms with Gasteiger partial charge >= 0.3 is 6.03 Å². The summed E-state index contributed by atoms with van der Waals surface area (Å²) < 4.78 is 26.0. The summed E-state index contributed by atoms with van der Waals surface area (Å²) >= 11 is 0. The van der Waals surface area contributed by atoms with E-state index in [0.29, 0.717) is 23.0 Å². The number of aromatic nitrogens is 1. The van der Waals surface area contributed by atoms with Gasteiger partial charge in [0.2, 0.25) is 0 Å². The summed E-state index contributed by atoms with van der Waals surface area (Å²) in [6.45, 7) is 3.87. The van der Waals surface area contributed by atoms with E-state index in [9.17, 15) is 4.79 Å². The maximum atomic E-state index is 15.0. The van der Waals surface area contributed by atoms with E-state index in [4.69, 9.17) is 14.5 Å². The van der Waals surface area contributed by atoms with Crippen molar-refractivity contribution in [2.75, 3.05) is 56.1 Å². The molecule has 0 N–H and O–H groups in total. The molecule has 1 fully saturated rings. The predicted molar refractivity (Wildman–Crippen MR) is 148 cm³/mol. The number of halogens is 1. The fourth-order valence-corrected chi connectivity index (χ4v) is 5.39. The Balaban J connectivity index is 1.58. The van der Waals surface area contributed by atoms with Gasteiger partial charge in [-0.25, -0.2) is 14.2 Å². The van der Waals surface area contributed by atoms with Gasteiger partial charge in [-0.3, -0.25) is 9.80 Å². The van der Waals surface area contributed by atoms with E-state index in [2.05, 4.69) is 11.9 Å². The van der Waals surface area contributed by atoms with Gasteiger partial charge in [0.05, 0.1) is 37.8 Å². The van der Waals surface area contributed by atoms with Crippen LogP contribution in [0, 0.1) is 12.7 Å². The summed E-state index contributed by atoms with van der Waals surface area (Å²) in [5, 5.41) is 0. The first-order valence-corrected chi connectivity index (χ1v) is 12.8. The average molecular weight is 520 g/mol. The zero-order chi connectivity index (χ0) is 27.0. The van der Waals surface area contributed by atoms with Crippen molar-refractivity contribution in [1.29, 1.82) is 0 Å². The number of pyridine rings is 1. The molecule has 3 aromatic rings. The number of fused-ring (bicyclic) bond motifs is 1. The molecule has 0 aliphatic carbocycles. The summed E-state index contributed by atoms with van der Waals surface area (Å²) in [4.78, 5) is 26.5. The van der Waals surface area contributed by atoms with E-state index in [-0.39, 0.29) is 18.6 Å². The lowest BCUT2D eigenvalue weighted by Crippen LogP contribution is -2.55. The van der Waals surface area contributed by atoms with E-state index >= 15 is 4.39 Å².